The highest BCUT2D eigenvalue weighted by Crippen LogP contribution is 2.30. The predicted octanol–water partition coefficient (Wildman–Crippen LogP) is 4.35. The molecule has 0 radical (unpaired) electrons. The minimum Gasteiger partial charge on any atom is -0.484 e. The first-order valence-electron chi connectivity index (χ1n) is 9.23. The van der Waals surface area contributed by atoms with Crippen LogP contribution in [0.15, 0.2) is 60.7 Å². The van der Waals surface area contributed by atoms with Crippen molar-refractivity contribution >= 4 is 39.7 Å². The van der Waals surface area contributed by atoms with Crippen molar-refractivity contribution in [2.75, 3.05) is 43.1 Å². The fraction of sp³-hybridized carbons (Fsp3) is 0.227. The van der Waals surface area contributed by atoms with Crippen molar-refractivity contribution in [3.05, 3.63) is 65.7 Å². The second-order valence-electron chi connectivity index (χ2n) is 6.61. The van der Waals surface area contributed by atoms with Crippen LogP contribution in [0, 0.1) is 0 Å². The van der Waals surface area contributed by atoms with Crippen LogP contribution < -0.4 is 15.0 Å². The van der Waals surface area contributed by atoms with Gasteiger partial charge in [-0.25, -0.2) is 0 Å². The zero-order valence-electron chi connectivity index (χ0n) is 15.4. The highest BCUT2D eigenvalue weighted by atomic mass is 35.5. The molecule has 4 rings (SSSR count). The molecule has 3 aromatic carbocycles. The molecule has 0 saturated carbocycles. The highest BCUT2D eigenvalue weighted by Gasteiger charge is 2.17. The Hall–Kier alpha value is -2.76. The van der Waals surface area contributed by atoms with Crippen molar-refractivity contribution in [2.24, 2.45) is 0 Å². The number of hydrogen-bond donors (Lipinski definition) is 1. The highest BCUT2D eigenvalue weighted by molar-refractivity contribution is 6.31. The number of amides is 1. The summed E-state index contributed by atoms with van der Waals surface area (Å²) in [6.45, 7) is 2.81. The summed E-state index contributed by atoms with van der Waals surface area (Å²) < 4.78 is 11.1. The lowest BCUT2D eigenvalue weighted by molar-refractivity contribution is -0.118. The molecule has 0 atom stereocenters. The first kappa shape index (κ1) is 18.6. The Bertz CT molecular complexity index is 986. The number of anilines is 2. The summed E-state index contributed by atoms with van der Waals surface area (Å²) in [4.78, 5) is 14.7. The van der Waals surface area contributed by atoms with Gasteiger partial charge in [0, 0.05) is 18.1 Å². The number of nitrogens with one attached hydrogen (secondary N) is 1. The maximum atomic E-state index is 12.5. The molecule has 1 aliphatic rings. The van der Waals surface area contributed by atoms with Crippen LogP contribution in [-0.4, -0.2) is 38.8 Å². The first-order chi connectivity index (χ1) is 13.7. The number of morpholine rings is 1. The van der Waals surface area contributed by atoms with E-state index in [-0.39, 0.29) is 12.5 Å². The molecular formula is C22H21ClN2O3. The normalized spacial score (nSPS) is 14.1. The van der Waals surface area contributed by atoms with E-state index >= 15 is 0 Å². The Kier molecular flexibility index (Phi) is 5.65. The number of nitrogens with zero attached hydrogens (tertiary/aromatic N) is 1. The van der Waals surface area contributed by atoms with Gasteiger partial charge in [-0.05, 0) is 41.1 Å². The SMILES string of the molecule is O=C(COc1ccc2ccccc2c1)Nc1cc(Cl)ccc1N1CCOCC1. The summed E-state index contributed by atoms with van der Waals surface area (Å²) in [5.41, 5.74) is 1.62. The van der Waals surface area contributed by atoms with Gasteiger partial charge >= 0.3 is 0 Å². The van der Waals surface area contributed by atoms with Crippen molar-refractivity contribution in [1.82, 2.24) is 0 Å². The lowest BCUT2D eigenvalue weighted by Crippen LogP contribution is -2.37. The number of benzene rings is 3. The zero-order chi connectivity index (χ0) is 19.3. The molecule has 28 heavy (non-hydrogen) atoms. The fourth-order valence-electron chi connectivity index (χ4n) is 3.28. The van der Waals surface area contributed by atoms with E-state index in [0.29, 0.717) is 29.7 Å². The molecule has 0 aromatic heterocycles. The smallest absolute Gasteiger partial charge is 0.262 e. The monoisotopic (exact) mass is 396 g/mol. The number of carbonyl (C=O) groups excluding carboxylic acids is 1. The molecule has 1 saturated heterocycles. The topological polar surface area (TPSA) is 50.8 Å². The summed E-state index contributed by atoms with van der Waals surface area (Å²) >= 11 is 6.14. The molecule has 144 valence electrons. The lowest BCUT2D eigenvalue weighted by Gasteiger charge is -2.30. The van der Waals surface area contributed by atoms with E-state index in [1.165, 1.54) is 0 Å². The quantitative estimate of drug-likeness (QED) is 0.696. The summed E-state index contributed by atoms with van der Waals surface area (Å²) in [6.07, 6.45) is 0. The number of carbonyl (C=O) groups is 1. The van der Waals surface area contributed by atoms with Crippen molar-refractivity contribution in [2.45, 2.75) is 0 Å². The van der Waals surface area contributed by atoms with E-state index in [0.717, 1.165) is 29.5 Å². The van der Waals surface area contributed by atoms with Gasteiger partial charge < -0.3 is 19.7 Å². The summed E-state index contributed by atoms with van der Waals surface area (Å²) in [7, 11) is 0. The third-order valence-electron chi connectivity index (χ3n) is 4.68. The van der Waals surface area contributed by atoms with Crippen LogP contribution in [0.2, 0.25) is 5.02 Å². The van der Waals surface area contributed by atoms with Crippen molar-refractivity contribution in [3.63, 3.8) is 0 Å². The van der Waals surface area contributed by atoms with Gasteiger partial charge in [-0.1, -0.05) is 41.9 Å². The van der Waals surface area contributed by atoms with Gasteiger partial charge in [0.2, 0.25) is 0 Å². The van der Waals surface area contributed by atoms with Crippen LogP contribution in [0.5, 0.6) is 5.75 Å². The van der Waals surface area contributed by atoms with Crippen LogP contribution in [-0.2, 0) is 9.53 Å². The minimum absolute atomic E-state index is 0.0760. The standard InChI is InChI=1S/C22H21ClN2O3/c23-18-6-8-21(25-9-11-27-12-10-25)20(14-18)24-22(26)15-28-19-7-5-16-3-1-2-4-17(16)13-19/h1-8,13-14H,9-12,15H2,(H,24,26). The maximum Gasteiger partial charge on any atom is 0.262 e. The Morgan fingerprint density at radius 1 is 1.04 bits per heavy atom. The molecule has 5 nitrogen and oxygen atoms in total. The average Bonchev–Trinajstić information content (AvgIpc) is 2.73. The molecule has 0 aliphatic carbocycles. The Labute approximate surface area is 168 Å². The summed E-state index contributed by atoms with van der Waals surface area (Å²) in [6, 6.07) is 19.3. The number of rotatable bonds is 5. The third kappa shape index (κ3) is 4.38. The molecule has 0 unspecified atom stereocenters. The molecule has 1 fully saturated rings. The van der Waals surface area contributed by atoms with Crippen molar-refractivity contribution in [3.8, 4) is 5.75 Å². The van der Waals surface area contributed by atoms with Gasteiger partial charge in [0.1, 0.15) is 5.75 Å². The Balaban J connectivity index is 1.43. The third-order valence-corrected chi connectivity index (χ3v) is 4.91. The van der Waals surface area contributed by atoms with Crippen LogP contribution in [0.25, 0.3) is 10.8 Å². The van der Waals surface area contributed by atoms with Gasteiger partial charge in [0.15, 0.2) is 6.61 Å². The van der Waals surface area contributed by atoms with E-state index in [1.807, 2.05) is 54.6 Å². The van der Waals surface area contributed by atoms with Gasteiger partial charge in [0.05, 0.1) is 24.6 Å². The molecule has 6 heteroatoms. The Morgan fingerprint density at radius 3 is 2.64 bits per heavy atom. The van der Waals surface area contributed by atoms with E-state index < -0.39 is 0 Å². The molecule has 0 spiro atoms. The molecule has 0 bridgehead atoms. The first-order valence-corrected chi connectivity index (χ1v) is 9.60. The summed E-state index contributed by atoms with van der Waals surface area (Å²) in [5, 5.41) is 5.70. The molecule has 1 heterocycles. The molecule has 3 aromatic rings. The second-order valence-corrected chi connectivity index (χ2v) is 7.04. The fourth-order valence-corrected chi connectivity index (χ4v) is 3.45. The number of halogens is 1. The van der Waals surface area contributed by atoms with E-state index in [2.05, 4.69) is 10.2 Å². The maximum absolute atomic E-state index is 12.5. The second kappa shape index (κ2) is 8.50. The van der Waals surface area contributed by atoms with Crippen LogP contribution in [0.1, 0.15) is 0 Å². The van der Waals surface area contributed by atoms with E-state index in [1.54, 1.807) is 6.07 Å². The lowest BCUT2D eigenvalue weighted by atomic mass is 10.1. The molecular weight excluding hydrogens is 376 g/mol. The van der Waals surface area contributed by atoms with Gasteiger partial charge in [-0.2, -0.15) is 0 Å². The van der Waals surface area contributed by atoms with Gasteiger partial charge in [0.25, 0.3) is 5.91 Å². The van der Waals surface area contributed by atoms with Crippen LogP contribution in [0.4, 0.5) is 11.4 Å². The number of ether oxygens (including phenoxy) is 2. The molecule has 1 N–H and O–H groups in total. The zero-order valence-corrected chi connectivity index (χ0v) is 16.1. The van der Waals surface area contributed by atoms with E-state index in [9.17, 15) is 4.79 Å². The minimum atomic E-state index is -0.232. The van der Waals surface area contributed by atoms with E-state index in [4.69, 9.17) is 21.1 Å². The average molecular weight is 397 g/mol. The van der Waals surface area contributed by atoms with Crippen molar-refractivity contribution < 1.29 is 14.3 Å². The van der Waals surface area contributed by atoms with Crippen LogP contribution >= 0.6 is 11.6 Å². The molecule has 1 amide bonds. The number of hydrogen-bond acceptors (Lipinski definition) is 4. The molecule has 1 aliphatic heterocycles. The predicted molar refractivity (Wildman–Crippen MR) is 113 cm³/mol. The largest absolute Gasteiger partial charge is 0.484 e. The van der Waals surface area contributed by atoms with Gasteiger partial charge in [-0.15, -0.1) is 0 Å². The number of fused-ring (bicyclic) bond motifs is 1. The van der Waals surface area contributed by atoms with Crippen LogP contribution in [0.3, 0.4) is 0 Å². The van der Waals surface area contributed by atoms with Crippen molar-refractivity contribution in [1.29, 1.82) is 0 Å². The Morgan fingerprint density at radius 2 is 1.82 bits per heavy atom. The van der Waals surface area contributed by atoms with Gasteiger partial charge in [-0.3, -0.25) is 4.79 Å². The summed E-state index contributed by atoms with van der Waals surface area (Å²) in [5.74, 6) is 0.429.